The van der Waals surface area contributed by atoms with Crippen molar-refractivity contribution in [3.8, 4) is 0 Å². The van der Waals surface area contributed by atoms with Crippen molar-refractivity contribution in [3.05, 3.63) is 0 Å². The highest BCUT2D eigenvalue weighted by atomic mass is 32.2. The first-order valence-electron chi connectivity index (χ1n) is 6.48. The van der Waals surface area contributed by atoms with Crippen LogP contribution < -0.4 is 0 Å². The molecule has 0 spiro atoms. The van der Waals surface area contributed by atoms with Crippen LogP contribution in [-0.4, -0.2) is 81.0 Å². The number of nitrogens with zero attached hydrogens (tertiary/aromatic N) is 3. The Morgan fingerprint density at radius 1 is 1.16 bits per heavy atom. The summed E-state index contributed by atoms with van der Waals surface area (Å²) in [6.45, 7) is 7.54. The topological polar surface area (TPSA) is 60.9 Å². The van der Waals surface area contributed by atoms with Crippen molar-refractivity contribution in [1.29, 1.82) is 0 Å². The van der Waals surface area contributed by atoms with E-state index in [0.29, 0.717) is 26.2 Å². The zero-order chi connectivity index (χ0) is 15.2. The lowest BCUT2D eigenvalue weighted by molar-refractivity contribution is -0.130. The number of carbonyl (C=O) groups is 1. The quantitative estimate of drug-likeness (QED) is 0.635. The highest BCUT2D eigenvalue weighted by Gasteiger charge is 2.19. The molecule has 1 amide bonds. The second-order valence-corrected chi connectivity index (χ2v) is 7.09. The van der Waals surface area contributed by atoms with Gasteiger partial charge in [0.25, 0.3) is 0 Å². The van der Waals surface area contributed by atoms with Crippen molar-refractivity contribution < 1.29 is 13.2 Å². The van der Waals surface area contributed by atoms with E-state index in [9.17, 15) is 13.2 Å². The van der Waals surface area contributed by atoms with Crippen LogP contribution in [0.5, 0.6) is 0 Å². The highest BCUT2D eigenvalue weighted by Crippen LogP contribution is 2.03. The maximum atomic E-state index is 11.7. The monoisotopic (exact) mass is 293 g/mol. The summed E-state index contributed by atoms with van der Waals surface area (Å²) in [5.74, 6) is 0.0242. The lowest BCUT2D eigenvalue weighted by atomic mass is 10.3. The maximum absolute atomic E-state index is 11.7. The summed E-state index contributed by atoms with van der Waals surface area (Å²) in [5, 5.41) is 0. The third-order valence-corrected chi connectivity index (χ3v) is 4.40. The summed E-state index contributed by atoms with van der Waals surface area (Å²) in [7, 11) is 0.266. The first kappa shape index (κ1) is 18.3. The van der Waals surface area contributed by atoms with Crippen molar-refractivity contribution in [3.63, 3.8) is 0 Å². The Kier molecular flexibility index (Phi) is 7.54. The van der Waals surface area contributed by atoms with Gasteiger partial charge in [0, 0.05) is 39.8 Å². The lowest BCUT2D eigenvalue weighted by Gasteiger charge is -2.29. The van der Waals surface area contributed by atoms with Crippen LogP contribution in [0.1, 0.15) is 20.8 Å². The normalized spacial score (nSPS) is 12.5. The van der Waals surface area contributed by atoms with E-state index < -0.39 is 10.0 Å². The molecule has 0 bridgehead atoms. The molecule has 0 aliphatic rings. The van der Waals surface area contributed by atoms with Crippen LogP contribution in [0, 0.1) is 0 Å². The van der Waals surface area contributed by atoms with E-state index in [4.69, 9.17) is 0 Å². The second-order valence-electron chi connectivity index (χ2n) is 5.11. The Balaban J connectivity index is 4.57. The summed E-state index contributed by atoms with van der Waals surface area (Å²) in [6.07, 6.45) is 1.21. The molecule has 0 atom stereocenters. The molecular weight excluding hydrogens is 266 g/mol. The number of sulfonamides is 1. The van der Waals surface area contributed by atoms with Crippen molar-refractivity contribution in [2.24, 2.45) is 0 Å². The minimum Gasteiger partial charge on any atom is -0.348 e. The van der Waals surface area contributed by atoms with Gasteiger partial charge in [-0.25, -0.2) is 12.7 Å². The minimum atomic E-state index is -3.17. The molecule has 0 saturated carbocycles. The fourth-order valence-corrected chi connectivity index (χ4v) is 2.52. The summed E-state index contributed by atoms with van der Waals surface area (Å²) in [5.41, 5.74) is 0. The maximum Gasteiger partial charge on any atom is 0.236 e. The van der Waals surface area contributed by atoms with Crippen LogP contribution in [0.3, 0.4) is 0 Å². The summed E-state index contributed by atoms with van der Waals surface area (Å²) in [6, 6.07) is 0.196. The number of likely N-dealkylation sites (N-methyl/N-ethyl adjacent to an activating group) is 2. The Morgan fingerprint density at radius 3 is 2.00 bits per heavy atom. The molecule has 0 aliphatic heterocycles. The molecule has 0 rings (SSSR count). The van der Waals surface area contributed by atoms with E-state index in [1.165, 1.54) is 10.6 Å². The van der Waals surface area contributed by atoms with Gasteiger partial charge in [-0.05, 0) is 13.8 Å². The molecule has 0 unspecified atom stereocenters. The van der Waals surface area contributed by atoms with E-state index in [2.05, 4.69) is 0 Å². The third-order valence-electron chi connectivity index (χ3n) is 3.03. The van der Waals surface area contributed by atoms with Crippen molar-refractivity contribution in [1.82, 2.24) is 14.1 Å². The van der Waals surface area contributed by atoms with Crippen LogP contribution in [0.4, 0.5) is 0 Å². The summed E-state index contributed by atoms with van der Waals surface area (Å²) < 4.78 is 24.4. The van der Waals surface area contributed by atoms with Gasteiger partial charge in [0.15, 0.2) is 0 Å². The zero-order valence-electron chi connectivity index (χ0n) is 12.9. The molecular formula is C12H27N3O3S. The predicted molar refractivity (Wildman–Crippen MR) is 77.5 cm³/mol. The molecule has 0 heterocycles. The van der Waals surface area contributed by atoms with Crippen LogP contribution in [-0.2, 0) is 14.8 Å². The van der Waals surface area contributed by atoms with Crippen molar-refractivity contribution >= 4 is 15.9 Å². The predicted octanol–water partition coefficient (Wildman–Crippen LogP) is 0.0665. The van der Waals surface area contributed by atoms with Crippen LogP contribution >= 0.6 is 0 Å². The van der Waals surface area contributed by atoms with Gasteiger partial charge in [0.1, 0.15) is 0 Å². The van der Waals surface area contributed by atoms with E-state index in [0.717, 1.165) is 0 Å². The van der Waals surface area contributed by atoms with Crippen LogP contribution in [0.15, 0.2) is 0 Å². The third kappa shape index (κ3) is 6.89. The molecule has 0 saturated heterocycles. The second kappa shape index (κ2) is 7.81. The van der Waals surface area contributed by atoms with Gasteiger partial charge in [-0.2, -0.15) is 0 Å². The zero-order valence-corrected chi connectivity index (χ0v) is 13.7. The standard InChI is InChI=1S/C12H27N3O3S/c1-7-15(19(6,17)18)9-8-14(11(2)3)10-12(16)13(4)5/h11H,7-10H2,1-6H3. The largest absolute Gasteiger partial charge is 0.348 e. The van der Waals surface area contributed by atoms with Gasteiger partial charge in [0.2, 0.25) is 15.9 Å². The van der Waals surface area contributed by atoms with Crippen LogP contribution in [0.2, 0.25) is 0 Å². The molecule has 0 aromatic heterocycles. The lowest BCUT2D eigenvalue weighted by Crippen LogP contribution is -2.45. The number of hydrogen-bond acceptors (Lipinski definition) is 4. The van der Waals surface area contributed by atoms with E-state index in [-0.39, 0.29) is 11.9 Å². The number of amides is 1. The summed E-state index contributed by atoms with van der Waals surface area (Å²) in [4.78, 5) is 15.2. The van der Waals surface area contributed by atoms with Gasteiger partial charge in [-0.1, -0.05) is 6.92 Å². The minimum absolute atomic E-state index is 0.0242. The molecule has 7 heteroatoms. The van der Waals surface area contributed by atoms with Crippen LogP contribution in [0.25, 0.3) is 0 Å². The van der Waals surface area contributed by atoms with E-state index >= 15 is 0 Å². The molecule has 0 aliphatic carbocycles. The summed E-state index contributed by atoms with van der Waals surface area (Å²) >= 11 is 0. The van der Waals surface area contributed by atoms with Gasteiger partial charge in [0.05, 0.1) is 12.8 Å². The van der Waals surface area contributed by atoms with Gasteiger partial charge in [-0.15, -0.1) is 0 Å². The molecule has 6 nitrogen and oxygen atoms in total. The van der Waals surface area contributed by atoms with Gasteiger partial charge in [-0.3, -0.25) is 9.69 Å². The highest BCUT2D eigenvalue weighted by molar-refractivity contribution is 7.88. The number of carbonyl (C=O) groups excluding carboxylic acids is 1. The molecule has 0 fully saturated rings. The Hall–Kier alpha value is -0.660. The first-order valence-corrected chi connectivity index (χ1v) is 8.33. The fourth-order valence-electron chi connectivity index (χ4n) is 1.63. The molecule has 0 N–H and O–H groups in total. The molecule has 19 heavy (non-hydrogen) atoms. The Morgan fingerprint density at radius 2 is 1.68 bits per heavy atom. The van der Waals surface area contributed by atoms with Gasteiger partial charge < -0.3 is 4.90 Å². The molecule has 114 valence electrons. The Labute approximate surface area is 117 Å². The molecule has 0 aromatic carbocycles. The number of rotatable bonds is 8. The smallest absolute Gasteiger partial charge is 0.236 e. The first-order chi connectivity index (χ1) is 8.59. The van der Waals surface area contributed by atoms with E-state index in [1.807, 2.05) is 25.7 Å². The molecule has 0 radical (unpaired) electrons. The SMILES string of the molecule is CCN(CCN(CC(=O)N(C)C)C(C)C)S(C)(=O)=O. The van der Waals surface area contributed by atoms with Crippen molar-refractivity contribution in [2.75, 3.05) is 46.5 Å². The van der Waals surface area contributed by atoms with E-state index in [1.54, 1.807) is 19.0 Å². The average molecular weight is 293 g/mol. The Bertz CT molecular complexity index is 380. The van der Waals surface area contributed by atoms with Crippen molar-refractivity contribution in [2.45, 2.75) is 26.8 Å². The average Bonchev–Trinajstić information content (AvgIpc) is 2.25. The fraction of sp³-hybridized carbons (Fsp3) is 0.917. The molecule has 0 aromatic rings. The van der Waals surface area contributed by atoms with Gasteiger partial charge >= 0.3 is 0 Å². The number of hydrogen-bond donors (Lipinski definition) is 0.